The van der Waals surface area contributed by atoms with E-state index in [0.717, 1.165) is 5.56 Å². The number of rotatable bonds is 5. The molecule has 0 aliphatic carbocycles. The zero-order chi connectivity index (χ0) is 21.0. The van der Waals surface area contributed by atoms with Gasteiger partial charge in [0, 0.05) is 18.1 Å². The van der Waals surface area contributed by atoms with Crippen LogP contribution < -0.4 is 15.0 Å². The Morgan fingerprint density at radius 2 is 2.07 bits per heavy atom. The Balaban J connectivity index is 2.08. The first kappa shape index (κ1) is 20.8. The minimum absolute atomic E-state index is 0.115. The van der Waals surface area contributed by atoms with Gasteiger partial charge in [-0.1, -0.05) is 47.6 Å². The molecule has 0 radical (unpaired) electrons. The van der Waals surface area contributed by atoms with E-state index in [9.17, 15) is 14.9 Å². The molecule has 0 aromatic heterocycles. The number of benzene rings is 2. The van der Waals surface area contributed by atoms with Crippen molar-refractivity contribution in [1.29, 1.82) is 5.26 Å². The zero-order valence-corrected chi connectivity index (χ0v) is 17.4. The van der Waals surface area contributed by atoms with Crippen molar-refractivity contribution >= 4 is 40.9 Å². The summed E-state index contributed by atoms with van der Waals surface area (Å²) in [6.45, 7) is 0. The summed E-state index contributed by atoms with van der Waals surface area (Å²) >= 11 is 7.45. The number of methoxy groups -OCH3 is 1. The first-order valence-corrected chi connectivity index (χ1v) is 10.0. The number of carbonyl (C=O) groups is 2. The van der Waals surface area contributed by atoms with Gasteiger partial charge in [0.15, 0.2) is 0 Å². The second-order valence-corrected chi connectivity index (χ2v) is 7.75. The molecule has 1 saturated heterocycles. The first-order chi connectivity index (χ1) is 14.0. The van der Waals surface area contributed by atoms with E-state index in [1.54, 1.807) is 30.3 Å². The van der Waals surface area contributed by atoms with Crippen LogP contribution in [-0.4, -0.2) is 31.2 Å². The van der Waals surface area contributed by atoms with Gasteiger partial charge < -0.3 is 10.1 Å². The molecule has 29 heavy (non-hydrogen) atoms. The highest BCUT2D eigenvalue weighted by Gasteiger charge is 2.41. The van der Waals surface area contributed by atoms with Crippen molar-refractivity contribution in [1.82, 2.24) is 5.32 Å². The molecule has 0 spiro atoms. The van der Waals surface area contributed by atoms with Crippen molar-refractivity contribution in [3.63, 3.8) is 0 Å². The smallest absolute Gasteiger partial charge is 0.264 e. The summed E-state index contributed by atoms with van der Waals surface area (Å²) in [4.78, 5) is 27.0. The van der Waals surface area contributed by atoms with Crippen molar-refractivity contribution in [2.45, 2.75) is 11.7 Å². The summed E-state index contributed by atoms with van der Waals surface area (Å²) in [5.41, 5.74) is 1.23. The van der Waals surface area contributed by atoms with Gasteiger partial charge in [0.1, 0.15) is 22.4 Å². The van der Waals surface area contributed by atoms with Crippen LogP contribution in [0.3, 0.4) is 0 Å². The van der Waals surface area contributed by atoms with Gasteiger partial charge in [0.25, 0.3) is 5.91 Å². The highest BCUT2D eigenvalue weighted by Crippen LogP contribution is 2.43. The van der Waals surface area contributed by atoms with Gasteiger partial charge in [-0.15, -0.1) is 0 Å². The fraction of sp³-hybridized carbons (Fsp3) is 0.190. The summed E-state index contributed by atoms with van der Waals surface area (Å²) in [6.07, 6.45) is 0.375. The summed E-state index contributed by atoms with van der Waals surface area (Å²) in [7, 11) is 2.97. The molecule has 1 aliphatic heterocycles. The summed E-state index contributed by atoms with van der Waals surface area (Å²) in [5.74, 6) is -0.212. The normalized spacial score (nSPS) is 17.7. The van der Waals surface area contributed by atoms with E-state index in [-0.39, 0.29) is 11.5 Å². The maximum atomic E-state index is 13.3. The fourth-order valence-corrected chi connectivity index (χ4v) is 4.47. The second-order valence-electron chi connectivity index (χ2n) is 6.15. The molecule has 1 fully saturated rings. The third-order valence-electron chi connectivity index (χ3n) is 4.41. The molecule has 2 aromatic rings. The van der Waals surface area contributed by atoms with Gasteiger partial charge in [-0.2, -0.15) is 5.26 Å². The molecule has 1 heterocycles. The van der Waals surface area contributed by atoms with Crippen molar-refractivity contribution in [2.75, 3.05) is 19.1 Å². The van der Waals surface area contributed by atoms with Gasteiger partial charge in [-0.3, -0.25) is 14.5 Å². The standard InChI is InChI=1S/C21H18ClN3O3S/c1-24-19(26)16(12-23)21-25(14-7-5-8-15(11-14)28-2)20(27)18(29-21)10-13-6-3-4-9-17(13)22/h3-9,11,18H,10H2,1-2H3,(H,24,26)/b21-16+/t18-/m1/s1. The number of nitrogens with one attached hydrogen (secondary N) is 1. The van der Waals surface area contributed by atoms with Gasteiger partial charge in [-0.05, 0) is 30.2 Å². The van der Waals surface area contributed by atoms with Crippen molar-refractivity contribution in [3.05, 3.63) is 69.7 Å². The number of hydrogen-bond acceptors (Lipinski definition) is 5. The number of amides is 2. The lowest BCUT2D eigenvalue weighted by Crippen LogP contribution is -2.31. The van der Waals surface area contributed by atoms with Crippen LogP contribution in [0.2, 0.25) is 5.02 Å². The van der Waals surface area contributed by atoms with Crippen LogP contribution in [0.15, 0.2) is 59.1 Å². The molecule has 1 aliphatic rings. The second kappa shape index (κ2) is 9.03. The monoisotopic (exact) mass is 427 g/mol. The van der Waals surface area contributed by atoms with Crippen LogP contribution in [0.5, 0.6) is 5.75 Å². The van der Waals surface area contributed by atoms with Crippen molar-refractivity contribution in [2.24, 2.45) is 0 Å². The lowest BCUT2D eigenvalue weighted by atomic mass is 10.1. The van der Waals surface area contributed by atoms with E-state index in [1.807, 2.05) is 24.3 Å². The molecule has 0 unspecified atom stereocenters. The summed E-state index contributed by atoms with van der Waals surface area (Å²) in [5, 5.41) is 12.4. The van der Waals surface area contributed by atoms with Crippen LogP contribution >= 0.6 is 23.4 Å². The zero-order valence-electron chi connectivity index (χ0n) is 15.8. The van der Waals surface area contributed by atoms with E-state index in [4.69, 9.17) is 16.3 Å². The van der Waals surface area contributed by atoms with E-state index in [2.05, 4.69) is 5.32 Å². The minimum atomic E-state index is -0.547. The molecular formula is C21H18ClN3O3S. The highest BCUT2D eigenvalue weighted by atomic mass is 35.5. The Morgan fingerprint density at radius 1 is 1.31 bits per heavy atom. The molecule has 148 valence electrons. The van der Waals surface area contributed by atoms with Crippen molar-refractivity contribution in [3.8, 4) is 11.8 Å². The number of nitrogens with zero attached hydrogens (tertiary/aromatic N) is 2. The molecule has 3 rings (SSSR count). The van der Waals surface area contributed by atoms with Crippen LogP contribution in [-0.2, 0) is 16.0 Å². The van der Waals surface area contributed by atoms with Crippen LogP contribution in [0.1, 0.15) is 5.56 Å². The Labute approximate surface area is 178 Å². The Kier molecular flexibility index (Phi) is 6.47. The van der Waals surface area contributed by atoms with E-state index in [1.165, 1.54) is 30.8 Å². The predicted octanol–water partition coefficient (Wildman–Crippen LogP) is 3.52. The Morgan fingerprint density at radius 3 is 2.72 bits per heavy atom. The Bertz CT molecular complexity index is 1030. The van der Waals surface area contributed by atoms with Gasteiger partial charge in [-0.25, -0.2) is 0 Å². The molecule has 8 heteroatoms. The highest BCUT2D eigenvalue weighted by molar-refractivity contribution is 8.05. The number of nitriles is 1. The predicted molar refractivity (Wildman–Crippen MR) is 114 cm³/mol. The van der Waals surface area contributed by atoms with Gasteiger partial charge >= 0.3 is 0 Å². The molecular weight excluding hydrogens is 410 g/mol. The van der Waals surface area contributed by atoms with Crippen LogP contribution in [0, 0.1) is 11.3 Å². The summed E-state index contributed by atoms with van der Waals surface area (Å²) in [6, 6.07) is 16.2. The maximum Gasteiger partial charge on any atom is 0.264 e. The van der Waals surface area contributed by atoms with Gasteiger partial charge in [0.2, 0.25) is 5.91 Å². The number of thioether (sulfide) groups is 1. The topological polar surface area (TPSA) is 82.4 Å². The summed E-state index contributed by atoms with van der Waals surface area (Å²) < 4.78 is 5.26. The maximum absolute atomic E-state index is 13.3. The molecule has 0 bridgehead atoms. The molecule has 6 nitrogen and oxygen atoms in total. The molecule has 2 aromatic carbocycles. The molecule has 1 atom stereocenters. The number of halogens is 1. The first-order valence-electron chi connectivity index (χ1n) is 8.74. The minimum Gasteiger partial charge on any atom is -0.497 e. The van der Waals surface area contributed by atoms with Gasteiger partial charge in [0.05, 0.1) is 18.0 Å². The largest absolute Gasteiger partial charge is 0.497 e. The van der Waals surface area contributed by atoms with E-state index < -0.39 is 11.2 Å². The fourth-order valence-electron chi connectivity index (χ4n) is 2.96. The van der Waals surface area contributed by atoms with Crippen LogP contribution in [0.4, 0.5) is 5.69 Å². The number of ether oxygens (including phenoxy) is 1. The molecule has 0 saturated carbocycles. The average Bonchev–Trinajstić information content (AvgIpc) is 3.05. The third kappa shape index (κ3) is 4.24. The van der Waals surface area contributed by atoms with Crippen LogP contribution in [0.25, 0.3) is 0 Å². The van der Waals surface area contributed by atoms with E-state index in [0.29, 0.717) is 27.9 Å². The SMILES string of the molecule is CNC(=O)/C(C#N)=C1/S[C@H](Cc2ccccc2Cl)C(=O)N1c1cccc(OC)c1. The molecule has 1 N–H and O–H groups in total. The quantitative estimate of drug-likeness (QED) is 0.583. The third-order valence-corrected chi connectivity index (χ3v) is 6.04. The van der Waals surface area contributed by atoms with E-state index >= 15 is 0 Å². The molecule has 2 amide bonds. The lowest BCUT2D eigenvalue weighted by molar-refractivity contribution is -0.117. The number of likely N-dealkylation sites (N-methyl/N-ethyl adjacent to an activating group) is 1. The lowest BCUT2D eigenvalue weighted by Gasteiger charge is -2.19. The average molecular weight is 428 g/mol. The Hall–Kier alpha value is -2.95. The number of hydrogen-bond donors (Lipinski definition) is 1. The number of anilines is 1. The number of carbonyl (C=O) groups excluding carboxylic acids is 2. The van der Waals surface area contributed by atoms with Crippen molar-refractivity contribution < 1.29 is 14.3 Å².